The molecule has 1 unspecified atom stereocenters. The predicted octanol–water partition coefficient (Wildman–Crippen LogP) is 4.28. The fraction of sp³-hybridized carbons (Fsp3) is 0.296. The topological polar surface area (TPSA) is 105 Å². The molecular formula is C27H26N4O5. The number of esters is 2. The normalized spacial score (nSPS) is 23.5. The number of ether oxygens (including phenoxy) is 3. The Labute approximate surface area is 208 Å². The summed E-state index contributed by atoms with van der Waals surface area (Å²) in [5.74, 6) is -1.08. The second-order valence-corrected chi connectivity index (χ2v) is 8.89. The van der Waals surface area contributed by atoms with Gasteiger partial charge in [-0.3, -0.25) is 4.57 Å². The Morgan fingerprint density at radius 1 is 0.944 bits per heavy atom. The van der Waals surface area contributed by atoms with Crippen LogP contribution in [0.25, 0.3) is 11.2 Å². The van der Waals surface area contributed by atoms with Crippen LogP contribution in [0.5, 0.6) is 0 Å². The molecule has 4 aromatic rings. The highest BCUT2D eigenvalue weighted by atomic mass is 16.7. The molecule has 1 saturated heterocycles. The Morgan fingerprint density at radius 2 is 1.56 bits per heavy atom. The summed E-state index contributed by atoms with van der Waals surface area (Å²) in [7, 11) is 0. The van der Waals surface area contributed by atoms with E-state index in [9.17, 15) is 9.59 Å². The number of fused-ring (bicyclic) bond motifs is 1. The molecule has 1 aliphatic heterocycles. The molecule has 5 rings (SSSR count). The van der Waals surface area contributed by atoms with E-state index >= 15 is 0 Å². The second kappa shape index (κ2) is 9.50. The van der Waals surface area contributed by atoms with Crippen molar-refractivity contribution in [1.82, 2.24) is 19.5 Å². The minimum Gasteiger partial charge on any atom is -0.452 e. The van der Waals surface area contributed by atoms with Gasteiger partial charge in [-0.25, -0.2) is 24.5 Å². The first-order valence-electron chi connectivity index (χ1n) is 11.8. The summed E-state index contributed by atoms with van der Waals surface area (Å²) in [6.07, 6.45) is 0.822. The highest BCUT2D eigenvalue weighted by Gasteiger charge is 2.57. The van der Waals surface area contributed by atoms with Gasteiger partial charge >= 0.3 is 11.9 Å². The van der Waals surface area contributed by atoms with Crippen LogP contribution in [-0.4, -0.2) is 49.3 Å². The average Bonchev–Trinajstić information content (AvgIpc) is 3.46. The second-order valence-electron chi connectivity index (χ2n) is 8.89. The zero-order valence-corrected chi connectivity index (χ0v) is 20.2. The standard InChI is InChI=1S/C27H26N4O5/c1-4-27(3)22(35-26(33)19-13-9-6-10-14-19)21(34-25(32)18-11-7-5-8-12-18)24(36-27)31-16-30-20-17(2)28-15-29-23(20)31/h5-16,21-22,24H,4H2,1-3H3/t21?,22-,24-,27-/m1/s1. The van der Waals surface area contributed by atoms with Gasteiger partial charge in [0.1, 0.15) is 17.4 Å². The third-order valence-electron chi connectivity index (χ3n) is 6.59. The van der Waals surface area contributed by atoms with Crippen molar-refractivity contribution >= 4 is 23.1 Å². The summed E-state index contributed by atoms with van der Waals surface area (Å²) in [5.41, 5.74) is 1.67. The van der Waals surface area contributed by atoms with Crippen molar-refractivity contribution in [3.8, 4) is 0 Å². The van der Waals surface area contributed by atoms with E-state index in [1.54, 1.807) is 59.4 Å². The lowest BCUT2D eigenvalue weighted by atomic mass is 9.94. The Hall–Kier alpha value is -4.11. The molecule has 1 fully saturated rings. The molecule has 9 nitrogen and oxygen atoms in total. The maximum atomic E-state index is 13.2. The quantitative estimate of drug-likeness (QED) is 0.372. The lowest BCUT2D eigenvalue weighted by molar-refractivity contribution is -0.0964. The van der Waals surface area contributed by atoms with Gasteiger partial charge in [-0.15, -0.1) is 0 Å². The first-order chi connectivity index (χ1) is 17.4. The minimum absolute atomic E-state index is 0.378. The molecule has 0 aliphatic carbocycles. The first kappa shape index (κ1) is 23.6. The van der Waals surface area contributed by atoms with Crippen LogP contribution in [0, 0.1) is 6.92 Å². The van der Waals surface area contributed by atoms with Crippen LogP contribution < -0.4 is 0 Å². The summed E-state index contributed by atoms with van der Waals surface area (Å²) >= 11 is 0. The summed E-state index contributed by atoms with van der Waals surface area (Å²) in [6.45, 7) is 5.61. The van der Waals surface area contributed by atoms with Crippen molar-refractivity contribution in [3.05, 3.63) is 90.1 Å². The van der Waals surface area contributed by atoms with Crippen LogP contribution in [0.2, 0.25) is 0 Å². The Balaban J connectivity index is 1.56. The number of carbonyl (C=O) groups is 2. The number of carbonyl (C=O) groups excluding carboxylic acids is 2. The van der Waals surface area contributed by atoms with E-state index in [4.69, 9.17) is 14.2 Å². The monoisotopic (exact) mass is 486 g/mol. The van der Waals surface area contributed by atoms with Gasteiger partial charge in [0.15, 0.2) is 24.1 Å². The van der Waals surface area contributed by atoms with Crippen molar-refractivity contribution in [3.63, 3.8) is 0 Å². The van der Waals surface area contributed by atoms with E-state index in [1.807, 2.05) is 32.9 Å². The molecule has 0 radical (unpaired) electrons. The van der Waals surface area contributed by atoms with Crippen LogP contribution >= 0.6 is 0 Å². The van der Waals surface area contributed by atoms with E-state index < -0.39 is 36.0 Å². The summed E-state index contributed by atoms with van der Waals surface area (Å²) < 4.78 is 20.2. The van der Waals surface area contributed by atoms with Crippen LogP contribution in [0.3, 0.4) is 0 Å². The third kappa shape index (κ3) is 4.22. The number of nitrogens with zero attached hydrogens (tertiary/aromatic N) is 4. The fourth-order valence-corrected chi connectivity index (χ4v) is 4.40. The molecule has 0 amide bonds. The summed E-state index contributed by atoms with van der Waals surface area (Å²) in [4.78, 5) is 39.3. The average molecular weight is 487 g/mol. The van der Waals surface area contributed by atoms with Crippen molar-refractivity contribution in [2.45, 2.75) is 51.2 Å². The van der Waals surface area contributed by atoms with Crippen LogP contribution in [0.4, 0.5) is 0 Å². The number of hydrogen-bond acceptors (Lipinski definition) is 8. The van der Waals surface area contributed by atoms with E-state index in [0.29, 0.717) is 34.4 Å². The van der Waals surface area contributed by atoms with Crippen molar-refractivity contribution in [1.29, 1.82) is 0 Å². The van der Waals surface area contributed by atoms with E-state index in [2.05, 4.69) is 15.0 Å². The molecule has 3 heterocycles. The van der Waals surface area contributed by atoms with Crippen molar-refractivity contribution in [2.75, 3.05) is 0 Å². The minimum atomic E-state index is -0.969. The zero-order valence-electron chi connectivity index (χ0n) is 20.2. The molecule has 4 atom stereocenters. The number of aromatic nitrogens is 4. The highest BCUT2D eigenvalue weighted by molar-refractivity contribution is 5.90. The van der Waals surface area contributed by atoms with E-state index in [-0.39, 0.29) is 0 Å². The van der Waals surface area contributed by atoms with Gasteiger partial charge < -0.3 is 14.2 Å². The van der Waals surface area contributed by atoms with Gasteiger partial charge in [-0.05, 0) is 44.5 Å². The lowest BCUT2D eigenvalue weighted by Crippen LogP contribution is -2.45. The SMILES string of the molecule is CC[C@@]1(C)O[C@@H](n2cnc3c(C)ncnc32)C(OC(=O)c2ccccc2)[C@H]1OC(=O)c1ccccc1. The Kier molecular flexibility index (Phi) is 6.24. The van der Waals surface area contributed by atoms with Gasteiger partial charge in [-0.2, -0.15) is 0 Å². The maximum Gasteiger partial charge on any atom is 0.338 e. The lowest BCUT2D eigenvalue weighted by Gasteiger charge is -2.30. The van der Waals surface area contributed by atoms with Gasteiger partial charge in [-0.1, -0.05) is 43.3 Å². The van der Waals surface area contributed by atoms with Gasteiger partial charge in [0, 0.05) is 0 Å². The summed E-state index contributed by atoms with van der Waals surface area (Å²) in [5, 5.41) is 0. The molecule has 9 heteroatoms. The smallest absolute Gasteiger partial charge is 0.338 e. The number of rotatable bonds is 6. The Morgan fingerprint density at radius 3 is 2.17 bits per heavy atom. The Bertz CT molecular complexity index is 1390. The maximum absolute atomic E-state index is 13.2. The number of imidazole rings is 1. The molecule has 1 aliphatic rings. The van der Waals surface area contributed by atoms with Gasteiger partial charge in [0.25, 0.3) is 0 Å². The number of aryl methyl sites for hydroxylation is 1. The molecule has 2 aromatic carbocycles. The van der Waals surface area contributed by atoms with Crippen LogP contribution in [0.15, 0.2) is 73.3 Å². The van der Waals surface area contributed by atoms with Crippen LogP contribution in [0.1, 0.15) is 52.9 Å². The van der Waals surface area contributed by atoms with Gasteiger partial charge in [0.05, 0.1) is 23.1 Å². The summed E-state index contributed by atoms with van der Waals surface area (Å²) in [6, 6.07) is 17.3. The van der Waals surface area contributed by atoms with Gasteiger partial charge in [0.2, 0.25) is 0 Å². The number of hydrogen-bond donors (Lipinski definition) is 0. The molecule has 0 spiro atoms. The fourth-order valence-electron chi connectivity index (χ4n) is 4.40. The number of benzene rings is 2. The molecule has 2 aromatic heterocycles. The molecule has 0 N–H and O–H groups in total. The highest BCUT2D eigenvalue weighted by Crippen LogP contribution is 2.44. The first-order valence-corrected chi connectivity index (χ1v) is 11.8. The van der Waals surface area contributed by atoms with Crippen molar-refractivity contribution in [2.24, 2.45) is 0 Å². The van der Waals surface area contributed by atoms with E-state index in [0.717, 1.165) is 0 Å². The largest absolute Gasteiger partial charge is 0.452 e. The molecule has 0 bridgehead atoms. The molecular weight excluding hydrogens is 460 g/mol. The zero-order chi connectivity index (χ0) is 25.3. The third-order valence-corrected chi connectivity index (χ3v) is 6.59. The van der Waals surface area contributed by atoms with E-state index in [1.165, 1.54) is 6.33 Å². The molecule has 184 valence electrons. The molecule has 0 saturated carbocycles. The molecule has 36 heavy (non-hydrogen) atoms. The predicted molar refractivity (Wildman–Crippen MR) is 130 cm³/mol. The van der Waals surface area contributed by atoms with Crippen molar-refractivity contribution < 1.29 is 23.8 Å². The van der Waals surface area contributed by atoms with Crippen LogP contribution in [-0.2, 0) is 14.2 Å².